The number of aliphatic hydroxyl groups is 1. The van der Waals surface area contributed by atoms with E-state index in [2.05, 4.69) is 0 Å². The molecular formula is C12H20N2O3S. The van der Waals surface area contributed by atoms with E-state index in [0.717, 1.165) is 12.8 Å². The molecule has 1 N–H and O–H groups in total. The summed E-state index contributed by atoms with van der Waals surface area (Å²) in [6, 6.07) is 1.84. The maximum absolute atomic E-state index is 12.3. The van der Waals surface area contributed by atoms with Gasteiger partial charge in [0.1, 0.15) is 4.90 Å². The highest BCUT2D eigenvalue weighted by atomic mass is 32.2. The van der Waals surface area contributed by atoms with Crippen LogP contribution in [0.3, 0.4) is 0 Å². The van der Waals surface area contributed by atoms with Gasteiger partial charge in [-0.05, 0) is 32.8 Å². The van der Waals surface area contributed by atoms with Gasteiger partial charge >= 0.3 is 0 Å². The van der Waals surface area contributed by atoms with E-state index in [0.29, 0.717) is 5.69 Å². The molecule has 0 saturated heterocycles. The van der Waals surface area contributed by atoms with Gasteiger partial charge in [-0.15, -0.1) is 0 Å². The maximum Gasteiger partial charge on any atom is 0.244 e. The fraction of sp³-hybridized carbons (Fsp3) is 0.667. The summed E-state index contributed by atoms with van der Waals surface area (Å²) >= 11 is 0. The molecule has 18 heavy (non-hydrogen) atoms. The average Bonchev–Trinajstić information content (AvgIpc) is 3.05. The standard InChI is InChI=1S/C12H20N2O3S/c1-9(2)14-7-12(6-11(14)8-15)18(16,17)13(3)10-4-5-10/h6-7,9-10,15H,4-5,8H2,1-3H3. The molecular weight excluding hydrogens is 252 g/mol. The third-order valence-corrected chi connectivity index (χ3v) is 5.24. The number of aromatic nitrogens is 1. The fourth-order valence-electron chi connectivity index (χ4n) is 2.05. The van der Waals surface area contributed by atoms with Crippen LogP contribution in [0.2, 0.25) is 0 Å². The van der Waals surface area contributed by atoms with Crippen molar-refractivity contribution in [1.29, 1.82) is 0 Å². The number of rotatable bonds is 5. The zero-order valence-corrected chi connectivity index (χ0v) is 11.8. The van der Waals surface area contributed by atoms with Crippen molar-refractivity contribution in [2.24, 2.45) is 0 Å². The lowest BCUT2D eigenvalue weighted by Crippen LogP contribution is -2.28. The Bertz CT molecular complexity index is 530. The van der Waals surface area contributed by atoms with Crippen LogP contribution >= 0.6 is 0 Å². The van der Waals surface area contributed by atoms with Gasteiger partial charge in [-0.2, -0.15) is 4.31 Å². The van der Waals surface area contributed by atoms with Gasteiger partial charge in [-0.25, -0.2) is 8.42 Å². The number of hydrogen-bond acceptors (Lipinski definition) is 3. The first-order chi connectivity index (χ1) is 8.37. The summed E-state index contributed by atoms with van der Waals surface area (Å²) in [6.07, 6.45) is 3.49. The molecule has 0 atom stereocenters. The monoisotopic (exact) mass is 272 g/mol. The molecule has 1 aliphatic rings. The molecule has 1 saturated carbocycles. The minimum absolute atomic E-state index is 0.127. The van der Waals surface area contributed by atoms with Gasteiger partial charge < -0.3 is 9.67 Å². The Labute approximate surface area is 108 Å². The van der Waals surface area contributed by atoms with E-state index in [1.54, 1.807) is 23.9 Å². The first kappa shape index (κ1) is 13.6. The molecule has 1 aliphatic carbocycles. The number of sulfonamides is 1. The van der Waals surface area contributed by atoms with Crippen LogP contribution in [-0.4, -0.2) is 35.5 Å². The maximum atomic E-state index is 12.3. The molecule has 1 aromatic rings. The topological polar surface area (TPSA) is 62.5 Å². The highest BCUT2D eigenvalue weighted by Crippen LogP contribution is 2.31. The Hall–Kier alpha value is -0.850. The third-order valence-electron chi connectivity index (χ3n) is 3.36. The lowest BCUT2D eigenvalue weighted by atomic mass is 10.3. The normalized spacial score (nSPS) is 16.8. The third kappa shape index (κ3) is 2.32. The van der Waals surface area contributed by atoms with Gasteiger partial charge in [0.05, 0.1) is 6.61 Å². The SMILES string of the molecule is CC(C)n1cc(S(=O)(=O)N(C)C2CC2)cc1CO. The largest absolute Gasteiger partial charge is 0.390 e. The molecule has 5 nitrogen and oxygen atoms in total. The van der Waals surface area contributed by atoms with Crippen LogP contribution in [0.15, 0.2) is 17.2 Å². The summed E-state index contributed by atoms with van der Waals surface area (Å²) in [5.74, 6) is 0. The van der Waals surface area contributed by atoms with Crippen LogP contribution in [0, 0.1) is 0 Å². The van der Waals surface area contributed by atoms with Crippen LogP contribution in [0.1, 0.15) is 38.4 Å². The van der Waals surface area contributed by atoms with Crippen molar-refractivity contribution in [3.63, 3.8) is 0 Å². The van der Waals surface area contributed by atoms with Crippen molar-refractivity contribution in [2.45, 2.75) is 50.3 Å². The molecule has 0 unspecified atom stereocenters. The van der Waals surface area contributed by atoms with E-state index in [1.807, 2.05) is 13.8 Å². The molecule has 1 heterocycles. The summed E-state index contributed by atoms with van der Waals surface area (Å²) in [6.45, 7) is 3.77. The molecule has 1 aromatic heterocycles. The Kier molecular flexibility index (Phi) is 3.53. The number of hydrogen-bond donors (Lipinski definition) is 1. The van der Waals surface area contributed by atoms with Crippen molar-refractivity contribution < 1.29 is 13.5 Å². The van der Waals surface area contributed by atoms with E-state index in [1.165, 1.54) is 4.31 Å². The smallest absolute Gasteiger partial charge is 0.244 e. The van der Waals surface area contributed by atoms with Gasteiger partial charge in [0.2, 0.25) is 10.0 Å². The Morgan fingerprint density at radius 1 is 1.50 bits per heavy atom. The quantitative estimate of drug-likeness (QED) is 0.880. The summed E-state index contributed by atoms with van der Waals surface area (Å²) in [5, 5.41) is 9.28. The number of aliphatic hydroxyl groups excluding tert-OH is 1. The Balaban J connectivity index is 2.38. The first-order valence-electron chi connectivity index (χ1n) is 6.17. The highest BCUT2D eigenvalue weighted by Gasteiger charge is 2.35. The minimum atomic E-state index is -3.42. The predicted octanol–water partition coefficient (Wildman–Crippen LogP) is 1.34. The van der Waals surface area contributed by atoms with Crippen molar-refractivity contribution >= 4 is 10.0 Å². The molecule has 2 rings (SSSR count). The van der Waals surface area contributed by atoms with Crippen molar-refractivity contribution in [3.8, 4) is 0 Å². The second kappa shape index (κ2) is 4.68. The van der Waals surface area contributed by atoms with Crippen LogP contribution < -0.4 is 0 Å². The van der Waals surface area contributed by atoms with E-state index in [4.69, 9.17) is 0 Å². The summed E-state index contributed by atoms with van der Waals surface area (Å²) in [5.41, 5.74) is 0.632. The molecule has 0 amide bonds. The van der Waals surface area contributed by atoms with E-state index in [9.17, 15) is 13.5 Å². The second-order valence-electron chi connectivity index (χ2n) is 5.08. The lowest BCUT2D eigenvalue weighted by Gasteiger charge is -2.15. The number of nitrogens with zero attached hydrogens (tertiary/aromatic N) is 2. The second-order valence-corrected chi connectivity index (χ2v) is 7.08. The van der Waals surface area contributed by atoms with Gasteiger partial charge in [0.15, 0.2) is 0 Å². The minimum Gasteiger partial charge on any atom is -0.390 e. The molecule has 0 spiro atoms. The highest BCUT2D eigenvalue weighted by molar-refractivity contribution is 7.89. The van der Waals surface area contributed by atoms with E-state index >= 15 is 0 Å². The van der Waals surface area contributed by atoms with Gasteiger partial charge in [-0.1, -0.05) is 0 Å². The van der Waals surface area contributed by atoms with Crippen LogP contribution in [0.5, 0.6) is 0 Å². The average molecular weight is 272 g/mol. The van der Waals surface area contributed by atoms with Crippen molar-refractivity contribution in [3.05, 3.63) is 18.0 Å². The zero-order valence-electron chi connectivity index (χ0n) is 11.0. The van der Waals surface area contributed by atoms with Crippen LogP contribution in [0.4, 0.5) is 0 Å². The molecule has 0 aliphatic heterocycles. The predicted molar refractivity (Wildman–Crippen MR) is 68.7 cm³/mol. The van der Waals surface area contributed by atoms with Crippen molar-refractivity contribution in [1.82, 2.24) is 8.87 Å². The molecule has 1 fully saturated rings. The Morgan fingerprint density at radius 2 is 2.11 bits per heavy atom. The van der Waals surface area contributed by atoms with Crippen molar-refractivity contribution in [2.75, 3.05) is 7.05 Å². The lowest BCUT2D eigenvalue weighted by molar-refractivity contribution is 0.268. The molecule has 0 bridgehead atoms. The fourth-order valence-corrected chi connectivity index (χ4v) is 3.51. The van der Waals surface area contributed by atoms with Gasteiger partial charge in [0, 0.05) is 31.0 Å². The summed E-state index contributed by atoms with van der Waals surface area (Å²) in [4.78, 5) is 0.273. The van der Waals surface area contributed by atoms with Gasteiger partial charge in [-0.3, -0.25) is 0 Å². The zero-order chi connectivity index (χ0) is 13.5. The van der Waals surface area contributed by atoms with Crippen LogP contribution in [0.25, 0.3) is 0 Å². The molecule has 6 heteroatoms. The Morgan fingerprint density at radius 3 is 2.50 bits per heavy atom. The molecule has 102 valence electrons. The summed E-state index contributed by atoms with van der Waals surface area (Å²) in [7, 11) is -1.80. The van der Waals surface area contributed by atoms with E-state index < -0.39 is 10.0 Å². The molecule has 0 aromatic carbocycles. The first-order valence-corrected chi connectivity index (χ1v) is 7.61. The summed E-state index contributed by atoms with van der Waals surface area (Å²) < 4.78 is 27.9. The van der Waals surface area contributed by atoms with Crippen LogP contribution in [-0.2, 0) is 16.6 Å². The van der Waals surface area contributed by atoms with E-state index in [-0.39, 0.29) is 23.6 Å². The van der Waals surface area contributed by atoms with Gasteiger partial charge in [0.25, 0.3) is 0 Å². The molecule has 0 radical (unpaired) electrons.